The molecule has 9 aromatic carbocycles. The van der Waals surface area contributed by atoms with Crippen LogP contribution in [0.25, 0.3) is 110 Å². The van der Waals surface area contributed by atoms with E-state index in [1.54, 1.807) is 0 Å². The highest BCUT2D eigenvalue weighted by atomic mass is 15.0. The molecule has 12 rings (SSSR count). The van der Waals surface area contributed by atoms with Gasteiger partial charge >= 0.3 is 0 Å². The lowest BCUT2D eigenvalue weighted by atomic mass is 9.98. The Bertz CT molecular complexity index is 3230. The number of hydrogen-bond acceptors (Lipinski definition) is 0. The van der Waals surface area contributed by atoms with Gasteiger partial charge in [-0.05, 0) is 62.7 Å². The molecule has 11 aromatic rings. The fourth-order valence-electron chi connectivity index (χ4n) is 9.28. The van der Waals surface area contributed by atoms with Crippen LogP contribution in [0.5, 0.6) is 0 Å². The third kappa shape index (κ3) is 3.19. The minimum atomic E-state index is 1.20. The molecule has 1 aliphatic rings. The summed E-state index contributed by atoms with van der Waals surface area (Å²) in [5, 5.41) is 12.7. The Balaban J connectivity index is 1.34. The van der Waals surface area contributed by atoms with Crippen molar-refractivity contribution in [3.05, 3.63) is 170 Å². The predicted octanol–water partition coefficient (Wildman–Crippen LogP) is 13.0. The zero-order chi connectivity index (χ0) is 32.5. The summed E-state index contributed by atoms with van der Waals surface area (Å²) in [6.07, 6.45) is 0. The van der Waals surface area contributed by atoms with Crippen LogP contribution in [0.1, 0.15) is 0 Å². The topological polar surface area (TPSA) is 9.86 Å². The molecule has 0 N–H and O–H groups in total. The molecular formula is C48H28N2. The third-order valence-corrected chi connectivity index (χ3v) is 11.2. The van der Waals surface area contributed by atoms with Crippen molar-refractivity contribution < 1.29 is 0 Å². The SMILES string of the molecule is c1ccc2c(c1)-c1cccc3c(-n4c5ccccc5c5c4c4ccccc4c4c6ccccc6n(-c6cccc7ccccc67)c45)ccc-2c13. The van der Waals surface area contributed by atoms with E-state index in [1.807, 2.05) is 0 Å². The Labute approximate surface area is 287 Å². The summed E-state index contributed by atoms with van der Waals surface area (Å²) in [4.78, 5) is 0. The zero-order valence-electron chi connectivity index (χ0n) is 27.1. The van der Waals surface area contributed by atoms with E-state index in [0.717, 1.165) is 0 Å². The average Bonchev–Trinajstić information content (AvgIpc) is 3.82. The average molecular weight is 633 g/mol. The zero-order valence-corrected chi connectivity index (χ0v) is 27.1. The Hall–Kier alpha value is -6.64. The molecule has 1 aliphatic carbocycles. The molecule has 230 valence electrons. The molecule has 0 spiro atoms. The van der Waals surface area contributed by atoms with Crippen molar-refractivity contribution >= 4 is 75.9 Å². The first-order valence-corrected chi connectivity index (χ1v) is 17.4. The maximum absolute atomic E-state index is 2.56. The molecule has 2 nitrogen and oxygen atoms in total. The quantitative estimate of drug-likeness (QED) is 0.179. The summed E-state index contributed by atoms with van der Waals surface area (Å²) in [5.41, 5.74) is 12.6. The van der Waals surface area contributed by atoms with Crippen molar-refractivity contribution in [3.63, 3.8) is 0 Å². The number of nitrogens with zero attached hydrogens (tertiary/aromatic N) is 2. The third-order valence-electron chi connectivity index (χ3n) is 11.2. The van der Waals surface area contributed by atoms with Crippen LogP contribution in [0.3, 0.4) is 0 Å². The molecule has 2 aromatic heterocycles. The molecule has 0 amide bonds. The summed E-state index contributed by atoms with van der Waals surface area (Å²) in [5.74, 6) is 0. The number of para-hydroxylation sites is 2. The van der Waals surface area contributed by atoms with E-state index in [4.69, 9.17) is 0 Å². The van der Waals surface area contributed by atoms with Crippen LogP contribution in [0.15, 0.2) is 170 Å². The normalized spacial score (nSPS) is 12.4. The number of fused-ring (bicyclic) bond motifs is 14. The summed E-state index contributed by atoms with van der Waals surface area (Å²) in [7, 11) is 0. The van der Waals surface area contributed by atoms with Crippen LogP contribution in [-0.4, -0.2) is 9.13 Å². The van der Waals surface area contributed by atoms with E-state index < -0.39 is 0 Å². The fourth-order valence-corrected chi connectivity index (χ4v) is 9.28. The maximum Gasteiger partial charge on any atom is 0.0648 e. The van der Waals surface area contributed by atoms with E-state index in [1.165, 1.54) is 110 Å². The minimum absolute atomic E-state index is 1.20. The molecule has 0 atom stereocenters. The van der Waals surface area contributed by atoms with Gasteiger partial charge in [0.15, 0.2) is 0 Å². The van der Waals surface area contributed by atoms with E-state index in [0.29, 0.717) is 0 Å². The lowest BCUT2D eigenvalue weighted by Crippen LogP contribution is -1.98. The maximum atomic E-state index is 2.56. The molecular weight excluding hydrogens is 605 g/mol. The van der Waals surface area contributed by atoms with Gasteiger partial charge in [-0.15, -0.1) is 0 Å². The molecule has 0 fully saturated rings. The number of hydrogen-bond donors (Lipinski definition) is 0. The van der Waals surface area contributed by atoms with Gasteiger partial charge < -0.3 is 9.13 Å². The Morgan fingerprint density at radius 2 is 0.760 bits per heavy atom. The smallest absolute Gasteiger partial charge is 0.0648 e. The van der Waals surface area contributed by atoms with Crippen molar-refractivity contribution in [1.29, 1.82) is 0 Å². The minimum Gasteiger partial charge on any atom is -0.308 e. The highest BCUT2D eigenvalue weighted by Crippen LogP contribution is 2.51. The fraction of sp³-hybridized carbons (Fsp3) is 0. The number of aromatic nitrogens is 2. The van der Waals surface area contributed by atoms with Gasteiger partial charge in [0, 0.05) is 37.7 Å². The van der Waals surface area contributed by atoms with Gasteiger partial charge in [-0.2, -0.15) is 0 Å². The first kappa shape index (κ1) is 26.3. The molecule has 0 saturated carbocycles. The molecule has 0 bridgehead atoms. The van der Waals surface area contributed by atoms with Gasteiger partial charge in [-0.1, -0.05) is 146 Å². The van der Waals surface area contributed by atoms with E-state index >= 15 is 0 Å². The lowest BCUT2D eigenvalue weighted by molar-refractivity contribution is 1.20. The van der Waals surface area contributed by atoms with Gasteiger partial charge in [0.05, 0.1) is 33.4 Å². The largest absolute Gasteiger partial charge is 0.308 e. The van der Waals surface area contributed by atoms with Crippen LogP contribution in [0, 0.1) is 0 Å². The van der Waals surface area contributed by atoms with Crippen LogP contribution in [-0.2, 0) is 0 Å². The van der Waals surface area contributed by atoms with Crippen molar-refractivity contribution in [2.45, 2.75) is 0 Å². The first-order valence-electron chi connectivity index (χ1n) is 17.4. The monoisotopic (exact) mass is 632 g/mol. The molecule has 0 aliphatic heterocycles. The summed E-state index contributed by atoms with van der Waals surface area (Å²) < 4.78 is 5.10. The van der Waals surface area contributed by atoms with Crippen molar-refractivity contribution in [2.24, 2.45) is 0 Å². The second kappa shape index (κ2) is 9.49. The van der Waals surface area contributed by atoms with Crippen molar-refractivity contribution in [3.8, 4) is 33.6 Å². The summed E-state index contributed by atoms with van der Waals surface area (Å²) in [6.45, 7) is 0. The lowest BCUT2D eigenvalue weighted by Gasteiger charge is -2.16. The summed E-state index contributed by atoms with van der Waals surface area (Å²) >= 11 is 0. The van der Waals surface area contributed by atoms with Gasteiger partial charge in [0.2, 0.25) is 0 Å². The first-order chi connectivity index (χ1) is 24.9. The second-order valence-corrected chi connectivity index (χ2v) is 13.6. The van der Waals surface area contributed by atoms with E-state index in [2.05, 4.69) is 179 Å². The van der Waals surface area contributed by atoms with Gasteiger partial charge in [0.1, 0.15) is 0 Å². The predicted molar refractivity (Wildman–Crippen MR) is 212 cm³/mol. The summed E-state index contributed by atoms with van der Waals surface area (Å²) in [6, 6.07) is 62.9. The highest BCUT2D eigenvalue weighted by molar-refractivity contribution is 6.37. The number of benzene rings is 9. The Morgan fingerprint density at radius 1 is 0.260 bits per heavy atom. The van der Waals surface area contributed by atoms with Gasteiger partial charge in [0.25, 0.3) is 0 Å². The molecule has 0 unspecified atom stereocenters. The van der Waals surface area contributed by atoms with E-state index in [-0.39, 0.29) is 0 Å². The molecule has 0 saturated heterocycles. The van der Waals surface area contributed by atoms with Gasteiger partial charge in [-0.25, -0.2) is 0 Å². The van der Waals surface area contributed by atoms with Crippen LogP contribution >= 0.6 is 0 Å². The molecule has 2 heteroatoms. The highest BCUT2D eigenvalue weighted by Gasteiger charge is 2.27. The number of rotatable bonds is 2. The Kier molecular flexibility index (Phi) is 5.00. The van der Waals surface area contributed by atoms with Crippen LogP contribution < -0.4 is 0 Å². The molecule has 0 radical (unpaired) electrons. The van der Waals surface area contributed by atoms with Crippen LogP contribution in [0.2, 0.25) is 0 Å². The Morgan fingerprint density at radius 3 is 1.54 bits per heavy atom. The standard InChI is InChI=1S/C48H28N2/c1-2-15-30-29(13-1)14-11-26-40(30)50-41-24-9-7-20-38(41)45-34-18-5-6-19-36(34)47-46(48(45)50)39-21-8-10-25-42(39)49(47)43-28-27-35-32-17-4-3-16-31(32)33-22-12-23-37(43)44(33)35/h1-28H. The van der Waals surface area contributed by atoms with Crippen LogP contribution in [0.4, 0.5) is 0 Å². The molecule has 2 heterocycles. The van der Waals surface area contributed by atoms with Gasteiger partial charge in [-0.3, -0.25) is 0 Å². The molecule has 50 heavy (non-hydrogen) atoms. The van der Waals surface area contributed by atoms with E-state index in [9.17, 15) is 0 Å². The van der Waals surface area contributed by atoms with Crippen molar-refractivity contribution in [1.82, 2.24) is 9.13 Å². The van der Waals surface area contributed by atoms with Crippen molar-refractivity contribution in [2.75, 3.05) is 0 Å². The second-order valence-electron chi connectivity index (χ2n) is 13.6.